The summed E-state index contributed by atoms with van der Waals surface area (Å²) in [6.45, 7) is 1.86. The molecule has 0 unspecified atom stereocenters. The van der Waals surface area contributed by atoms with Crippen LogP contribution in [-0.4, -0.2) is 30.1 Å². The number of nitrogens with zero attached hydrogens (tertiary/aromatic N) is 5. The maximum absolute atomic E-state index is 13.2. The minimum atomic E-state index is -0.459. The van der Waals surface area contributed by atoms with Gasteiger partial charge < -0.3 is 11.1 Å². The normalized spacial score (nSPS) is 12.0. The van der Waals surface area contributed by atoms with Gasteiger partial charge in [0.15, 0.2) is 11.5 Å². The van der Waals surface area contributed by atoms with Gasteiger partial charge in [-0.25, -0.2) is 14.5 Å². The average Bonchev–Trinajstić information content (AvgIpc) is 3.36. The highest BCUT2D eigenvalue weighted by molar-refractivity contribution is 6.04. The number of hydrogen-bond donors (Lipinski definition) is 2. The van der Waals surface area contributed by atoms with Crippen molar-refractivity contribution in [1.29, 1.82) is 0 Å². The third-order valence-electron chi connectivity index (χ3n) is 5.26. The van der Waals surface area contributed by atoms with Crippen molar-refractivity contribution in [2.75, 3.05) is 5.73 Å². The summed E-state index contributed by atoms with van der Waals surface area (Å²) in [5, 5.41) is 7.16. The molecule has 0 spiro atoms. The molecular weight excluding hydrogens is 402 g/mol. The number of rotatable bonds is 4. The van der Waals surface area contributed by atoms with Crippen LogP contribution in [0.1, 0.15) is 34.7 Å². The lowest BCUT2D eigenvalue weighted by Crippen LogP contribution is -2.29. The fourth-order valence-corrected chi connectivity index (χ4v) is 3.84. The van der Waals surface area contributed by atoms with Crippen LogP contribution in [0.5, 0.6) is 0 Å². The van der Waals surface area contributed by atoms with Crippen LogP contribution in [0, 0.1) is 12.3 Å². The Morgan fingerprint density at radius 3 is 2.75 bits per heavy atom. The van der Waals surface area contributed by atoms with E-state index in [1.165, 1.54) is 4.52 Å². The number of para-hydroxylation sites is 2. The molecule has 1 atom stereocenters. The van der Waals surface area contributed by atoms with Gasteiger partial charge in [0.25, 0.3) is 5.91 Å². The standard InChI is InChI=1S/C24H19N7O/c1-3-16-9-7-12-18-20(16)31(17-10-5-4-6-11-17)22(28-18)15(2)27-24(32)19-21(25)29-30-14-8-13-26-23(19)30/h1,4-15H,2H3,(H2,25,29)(H,27,32)/t15-/m1/s1. The van der Waals surface area contributed by atoms with Gasteiger partial charge in [0.1, 0.15) is 11.4 Å². The second-order valence-corrected chi connectivity index (χ2v) is 7.30. The second kappa shape index (κ2) is 7.56. The Balaban J connectivity index is 1.61. The van der Waals surface area contributed by atoms with Crippen LogP contribution >= 0.6 is 0 Å². The Morgan fingerprint density at radius 2 is 1.97 bits per heavy atom. The number of terminal acetylenes is 1. The van der Waals surface area contributed by atoms with E-state index in [9.17, 15) is 4.79 Å². The van der Waals surface area contributed by atoms with Crippen LogP contribution in [0.2, 0.25) is 0 Å². The fraction of sp³-hybridized carbons (Fsp3) is 0.0833. The number of imidazole rings is 1. The number of anilines is 1. The summed E-state index contributed by atoms with van der Waals surface area (Å²) in [5.41, 5.74) is 9.81. The molecule has 8 heteroatoms. The molecule has 3 heterocycles. The number of nitrogens with one attached hydrogen (secondary N) is 1. The SMILES string of the molecule is C#Cc1cccc2nc([C@@H](C)NC(=O)c3c(N)nn4cccnc34)n(-c3ccccc3)c12. The first kappa shape index (κ1) is 19.3. The van der Waals surface area contributed by atoms with Crippen molar-refractivity contribution in [2.24, 2.45) is 0 Å². The molecule has 0 aliphatic heterocycles. The molecule has 0 aliphatic rings. The molecule has 156 valence electrons. The molecule has 0 saturated carbocycles. The van der Waals surface area contributed by atoms with Gasteiger partial charge in [0, 0.05) is 18.1 Å². The van der Waals surface area contributed by atoms with E-state index in [0.29, 0.717) is 11.5 Å². The molecule has 5 rings (SSSR count). The first-order valence-electron chi connectivity index (χ1n) is 10.0. The van der Waals surface area contributed by atoms with Crippen molar-refractivity contribution in [3.63, 3.8) is 0 Å². The maximum atomic E-state index is 13.2. The van der Waals surface area contributed by atoms with E-state index in [1.54, 1.807) is 18.5 Å². The molecule has 0 radical (unpaired) electrons. The lowest BCUT2D eigenvalue weighted by molar-refractivity contribution is 0.0940. The topological polar surface area (TPSA) is 103 Å². The number of fused-ring (bicyclic) bond motifs is 2. The minimum absolute atomic E-state index is 0.111. The van der Waals surface area contributed by atoms with Gasteiger partial charge in [-0.2, -0.15) is 0 Å². The molecule has 0 fully saturated rings. The number of nitrogen functional groups attached to an aromatic ring is 1. The van der Waals surface area contributed by atoms with Gasteiger partial charge in [-0.3, -0.25) is 9.36 Å². The number of benzene rings is 2. The fourth-order valence-electron chi connectivity index (χ4n) is 3.84. The molecule has 3 N–H and O–H groups in total. The molecule has 0 aliphatic carbocycles. The summed E-state index contributed by atoms with van der Waals surface area (Å²) in [5.74, 6) is 3.11. The van der Waals surface area contributed by atoms with Gasteiger partial charge in [-0.15, -0.1) is 11.5 Å². The molecule has 8 nitrogen and oxygen atoms in total. The maximum Gasteiger partial charge on any atom is 0.259 e. The van der Waals surface area contributed by atoms with E-state index in [4.69, 9.17) is 17.1 Å². The molecule has 3 aromatic heterocycles. The largest absolute Gasteiger partial charge is 0.381 e. The van der Waals surface area contributed by atoms with E-state index in [-0.39, 0.29) is 17.3 Å². The number of hydrogen-bond acceptors (Lipinski definition) is 5. The molecular formula is C24H19N7O. The van der Waals surface area contributed by atoms with Crippen molar-refractivity contribution in [2.45, 2.75) is 13.0 Å². The Morgan fingerprint density at radius 1 is 1.16 bits per heavy atom. The van der Waals surface area contributed by atoms with E-state index in [0.717, 1.165) is 22.3 Å². The third-order valence-corrected chi connectivity index (χ3v) is 5.26. The number of aromatic nitrogens is 5. The Labute approximate surface area is 183 Å². The lowest BCUT2D eigenvalue weighted by atomic mass is 10.2. The Hall–Kier alpha value is -4.64. The summed E-state index contributed by atoms with van der Waals surface area (Å²) < 4.78 is 3.46. The van der Waals surface area contributed by atoms with E-state index >= 15 is 0 Å². The minimum Gasteiger partial charge on any atom is -0.381 e. The summed E-state index contributed by atoms with van der Waals surface area (Å²) in [4.78, 5) is 22.2. The first-order valence-corrected chi connectivity index (χ1v) is 10.0. The summed E-state index contributed by atoms with van der Waals surface area (Å²) in [6.07, 6.45) is 9.05. The Kier molecular flexibility index (Phi) is 4.57. The van der Waals surface area contributed by atoms with Gasteiger partial charge in [-0.1, -0.05) is 30.2 Å². The third kappa shape index (κ3) is 3.04. The number of nitrogens with two attached hydrogens (primary N) is 1. The van der Waals surface area contributed by atoms with E-state index in [1.807, 2.05) is 60.0 Å². The van der Waals surface area contributed by atoms with Crippen LogP contribution in [0.25, 0.3) is 22.4 Å². The predicted octanol–water partition coefficient (Wildman–Crippen LogP) is 3.12. The van der Waals surface area contributed by atoms with Crippen LogP contribution in [0.3, 0.4) is 0 Å². The van der Waals surface area contributed by atoms with Gasteiger partial charge in [-0.05, 0) is 37.3 Å². The zero-order valence-electron chi connectivity index (χ0n) is 17.2. The molecule has 0 bridgehead atoms. The molecule has 0 saturated heterocycles. The number of amides is 1. The molecule has 32 heavy (non-hydrogen) atoms. The van der Waals surface area contributed by atoms with Crippen molar-refractivity contribution in [3.05, 3.63) is 83.9 Å². The van der Waals surface area contributed by atoms with Gasteiger partial charge in [0.05, 0.1) is 22.6 Å². The van der Waals surface area contributed by atoms with Gasteiger partial charge in [0.2, 0.25) is 0 Å². The Bertz CT molecular complexity index is 1510. The van der Waals surface area contributed by atoms with Gasteiger partial charge >= 0.3 is 0 Å². The van der Waals surface area contributed by atoms with Crippen LogP contribution in [0.15, 0.2) is 67.0 Å². The lowest BCUT2D eigenvalue weighted by Gasteiger charge is -2.16. The number of carbonyl (C=O) groups is 1. The van der Waals surface area contributed by atoms with Crippen LogP contribution in [0.4, 0.5) is 5.82 Å². The van der Waals surface area contributed by atoms with Crippen molar-refractivity contribution in [1.82, 2.24) is 29.5 Å². The molecule has 5 aromatic rings. The number of carbonyl (C=O) groups excluding carboxylic acids is 1. The van der Waals surface area contributed by atoms with E-state index in [2.05, 4.69) is 21.3 Å². The van der Waals surface area contributed by atoms with Crippen molar-refractivity contribution in [3.8, 4) is 18.0 Å². The van der Waals surface area contributed by atoms with Crippen molar-refractivity contribution < 1.29 is 4.79 Å². The predicted molar refractivity (Wildman–Crippen MR) is 122 cm³/mol. The summed E-state index contributed by atoms with van der Waals surface area (Å²) in [6, 6.07) is 16.7. The van der Waals surface area contributed by atoms with Crippen LogP contribution < -0.4 is 11.1 Å². The molecule has 2 aromatic carbocycles. The zero-order chi connectivity index (χ0) is 22.2. The molecule has 1 amide bonds. The smallest absolute Gasteiger partial charge is 0.259 e. The highest BCUT2D eigenvalue weighted by Crippen LogP contribution is 2.28. The average molecular weight is 421 g/mol. The van der Waals surface area contributed by atoms with Crippen molar-refractivity contribution >= 4 is 28.4 Å². The second-order valence-electron chi connectivity index (χ2n) is 7.30. The monoisotopic (exact) mass is 421 g/mol. The highest BCUT2D eigenvalue weighted by atomic mass is 16.1. The quantitative estimate of drug-likeness (QED) is 0.434. The summed E-state index contributed by atoms with van der Waals surface area (Å²) in [7, 11) is 0. The highest BCUT2D eigenvalue weighted by Gasteiger charge is 2.25. The zero-order valence-corrected chi connectivity index (χ0v) is 17.2. The summed E-state index contributed by atoms with van der Waals surface area (Å²) >= 11 is 0. The first-order chi connectivity index (χ1) is 15.6. The van der Waals surface area contributed by atoms with Crippen LogP contribution in [-0.2, 0) is 0 Å². The van der Waals surface area contributed by atoms with E-state index < -0.39 is 6.04 Å².